The highest BCUT2D eigenvalue weighted by Gasteiger charge is 2.30. The van der Waals surface area contributed by atoms with E-state index >= 15 is 0 Å². The lowest BCUT2D eigenvalue weighted by molar-refractivity contribution is 0.298. The SMILES string of the molecule is CC1CCCC1CN1Cc2ccccc2C1=N. The van der Waals surface area contributed by atoms with Gasteiger partial charge in [-0.3, -0.25) is 5.41 Å². The van der Waals surface area contributed by atoms with Crippen molar-refractivity contribution in [1.82, 2.24) is 4.90 Å². The minimum Gasteiger partial charge on any atom is -0.352 e. The van der Waals surface area contributed by atoms with Gasteiger partial charge in [0.1, 0.15) is 5.84 Å². The highest BCUT2D eigenvalue weighted by atomic mass is 15.2. The Balaban J connectivity index is 1.74. The van der Waals surface area contributed by atoms with Crippen molar-refractivity contribution >= 4 is 5.84 Å². The average Bonchev–Trinajstić information content (AvgIpc) is 2.87. The Labute approximate surface area is 103 Å². The number of amidine groups is 1. The highest BCUT2D eigenvalue weighted by Crippen LogP contribution is 2.33. The van der Waals surface area contributed by atoms with Crippen LogP contribution in [0.25, 0.3) is 0 Å². The van der Waals surface area contributed by atoms with E-state index < -0.39 is 0 Å². The fourth-order valence-electron chi connectivity index (χ4n) is 3.28. The van der Waals surface area contributed by atoms with Crippen LogP contribution < -0.4 is 0 Å². The van der Waals surface area contributed by atoms with Gasteiger partial charge in [-0.15, -0.1) is 0 Å². The molecule has 2 nitrogen and oxygen atoms in total. The van der Waals surface area contributed by atoms with Crippen LogP contribution in [0.3, 0.4) is 0 Å². The zero-order valence-electron chi connectivity index (χ0n) is 10.4. The predicted molar refractivity (Wildman–Crippen MR) is 70.2 cm³/mol. The molecule has 90 valence electrons. The van der Waals surface area contributed by atoms with Crippen LogP contribution in [-0.4, -0.2) is 17.3 Å². The molecular weight excluding hydrogens is 208 g/mol. The van der Waals surface area contributed by atoms with Crippen LogP contribution in [0, 0.1) is 17.2 Å². The molecular formula is C15H20N2. The molecule has 1 aliphatic heterocycles. The van der Waals surface area contributed by atoms with Crippen molar-refractivity contribution in [2.24, 2.45) is 11.8 Å². The molecule has 1 aromatic rings. The molecule has 2 heteroatoms. The molecule has 0 saturated heterocycles. The molecule has 1 aliphatic carbocycles. The van der Waals surface area contributed by atoms with Gasteiger partial charge in [-0.05, 0) is 23.8 Å². The number of nitrogens with zero attached hydrogens (tertiary/aromatic N) is 1. The summed E-state index contributed by atoms with van der Waals surface area (Å²) in [6.07, 6.45) is 4.10. The van der Waals surface area contributed by atoms with Crippen LogP contribution >= 0.6 is 0 Å². The largest absolute Gasteiger partial charge is 0.352 e. The van der Waals surface area contributed by atoms with E-state index in [1.54, 1.807) is 0 Å². The Hall–Kier alpha value is -1.31. The van der Waals surface area contributed by atoms with Gasteiger partial charge in [0.05, 0.1) is 0 Å². The van der Waals surface area contributed by atoms with Crippen molar-refractivity contribution in [3.05, 3.63) is 35.4 Å². The van der Waals surface area contributed by atoms with Crippen molar-refractivity contribution in [3.63, 3.8) is 0 Å². The van der Waals surface area contributed by atoms with Crippen molar-refractivity contribution in [2.45, 2.75) is 32.7 Å². The van der Waals surface area contributed by atoms with Gasteiger partial charge in [0.2, 0.25) is 0 Å². The summed E-state index contributed by atoms with van der Waals surface area (Å²) in [4.78, 5) is 2.26. The molecule has 17 heavy (non-hydrogen) atoms. The molecule has 0 aromatic heterocycles. The lowest BCUT2D eigenvalue weighted by Crippen LogP contribution is -2.30. The van der Waals surface area contributed by atoms with Gasteiger partial charge in [-0.1, -0.05) is 44.0 Å². The lowest BCUT2D eigenvalue weighted by atomic mass is 9.98. The molecule has 1 heterocycles. The molecule has 3 rings (SSSR count). The van der Waals surface area contributed by atoms with Crippen LogP contribution in [-0.2, 0) is 6.54 Å². The smallest absolute Gasteiger partial charge is 0.128 e. The predicted octanol–water partition coefficient (Wildman–Crippen LogP) is 3.26. The summed E-state index contributed by atoms with van der Waals surface area (Å²) in [6.45, 7) is 4.39. The van der Waals surface area contributed by atoms with Crippen molar-refractivity contribution < 1.29 is 0 Å². The minimum absolute atomic E-state index is 0.736. The average molecular weight is 228 g/mol. The molecule has 1 aromatic carbocycles. The summed E-state index contributed by atoms with van der Waals surface area (Å²) in [5.41, 5.74) is 2.46. The molecule has 1 N–H and O–H groups in total. The van der Waals surface area contributed by atoms with E-state index in [1.165, 1.54) is 24.8 Å². The summed E-state index contributed by atoms with van der Waals surface area (Å²) < 4.78 is 0. The number of nitrogens with one attached hydrogen (secondary N) is 1. The van der Waals surface area contributed by atoms with Crippen molar-refractivity contribution in [1.29, 1.82) is 5.41 Å². The second kappa shape index (κ2) is 4.17. The fraction of sp³-hybridized carbons (Fsp3) is 0.533. The minimum atomic E-state index is 0.736. The Morgan fingerprint density at radius 2 is 2.12 bits per heavy atom. The Morgan fingerprint density at radius 1 is 1.29 bits per heavy atom. The number of rotatable bonds is 2. The van der Waals surface area contributed by atoms with Crippen LogP contribution in [0.2, 0.25) is 0 Å². The lowest BCUT2D eigenvalue weighted by Gasteiger charge is -2.24. The summed E-state index contributed by atoms with van der Waals surface area (Å²) in [7, 11) is 0. The zero-order chi connectivity index (χ0) is 11.8. The number of fused-ring (bicyclic) bond motifs is 1. The van der Waals surface area contributed by atoms with Crippen LogP contribution in [0.15, 0.2) is 24.3 Å². The molecule has 2 aliphatic rings. The normalized spacial score (nSPS) is 27.6. The van der Waals surface area contributed by atoms with Crippen LogP contribution in [0.4, 0.5) is 0 Å². The van der Waals surface area contributed by atoms with E-state index in [4.69, 9.17) is 5.41 Å². The summed E-state index contributed by atoms with van der Waals surface area (Å²) >= 11 is 0. The van der Waals surface area contributed by atoms with Gasteiger partial charge in [0.25, 0.3) is 0 Å². The van der Waals surface area contributed by atoms with Gasteiger partial charge in [0, 0.05) is 18.7 Å². The molecule has 1 fully saturated rings. The van der Waals surface area contributed by atoms with E-state index in [0.29, 0.717) is 0 Å². The Bertz CT molecular complexity index is 438. The summed E-state index contributed by atoms with van der Waals surface area (Å²) in [6, 6.07) is 8.35. The third-order valence-electron chi connectivity index (χ3n) is 4.44. The van der Waals surface area contributed by atoms with E-state index in [-0.39, 0.29) is 0 Å². The molecule has 2 atom stereocenters. The second-order valence-corrected chi connectivity index (χ2v) is 5.55. The monoisotopic (exact) mass is 228 g/mol. The molecule has 2 unspecified atom stereocenters. The Morgan fingerprint density at radius 3 is 2.82 bits per heavy atom. The van der Waals surface area contributed by atoms with E-state index in [0.717, 1.165) is 36.3 Å². The second-order valence-electron chi connectivity index (χ2n) is 5.55. The number of hydrogen-bond acceptors (Lipinski definition) is 1. The first-order valence-electron chi connectivity index (χ1n) is 6.67. The van der Waals surface area contributed by atoms with E-state index in [9.17, 15) is 0 Å². The topological polar surface area (TPSA) is 27.1 Å². The quantitative estimate of drug-likeness (QED) is 0.826. The molecule has 0 amide bonds. The van der Waals surface area contributed by atoms with Crippen LogP contribution in [0.5, 0.6) is 0 Å². The van der Waals surface area contributed by atoms with Crippen molar-refractivity contribution in [3.8, 4) is 0 Å². The first kappa shape index (κ1) is 10.8. The highest BCUT2D eigenvalue weighted by molar-refractivity contribution is 6.00. The third kappa shape index (κ3) is 1.86. The maximum Gasteiger partial charge on any atom is 0.128 e. The Kier molecular flexibility index (Phi) is 2.65. The number of hydrogen-bond donors (Lipinski definition) is 1. The van der Waals surface area contributed by atoms with Gasteiger partial charge in [0.15, 0.2) is 0 Å². The van der Waals surface area contributed by atoms with Gasteiger partial charge < -0.3 is 4.90 Å². The fourth-order valence-corrected chi connectivity index (χ4v) is 3.28. The van der Waals surface area contributed by atoms with Crippen LogP contribution in [0.1, 0.15) is 37.3 Å². The first-order valence-corrected chi connectivity index (χ1v) is 6.67. The van der Waals surface area contributed by atoms with Gasteiger partial charge in [-0.2, -0.15) is 0 Å². The molecule has 0 radical (unpaired) electrons. The number of benzene rings is 1. The zero-order valence-corrected chi connectivity index (χ0v) is 10.4. The molecule has 1 saturated carbocycles. The van der Waals surface area contributed by atoms with Crippen molar-refractivity contribution in [2.75, 3.05) is 6.54 Å². The van der Waals surface area contributed by atoms with E-state index in [2.05, 4.69) is 30.0 Å². The van der Waals surface area contributed by atoms with Gasteiger partial charge in [-0.25, -0.2) is 0 Å². The maximum absolute atomic E-state index is 8.24. The maximum atomic E-state index is 8.24. The molecule has 0 spiro atoms. The third-order valence-corrected chi connectivity index (χ3v) is 4.44. The standard InChI is InChI=1S/C15H20N2/c1-11-5-4-7-12(11)9-17-10-13-6-2-3-8-14(13)15(17)16/h2-3,6,8,11-12,16H,4-5,7,9-10H2,1H3. The molecule has 0 bridgehead atoms. The summed E-state index contributed by atoms with van der Waals surface area (Å²) in [5.74, 6) is 2.37. The summed E-state index contributed by atoms with van der Waals surface area (Å²) in [5, 5.41) is 8.24. The van der Waals surface area contributed by atoms with E-state index in [1.807, 2.05) is 6.07 Å². The first-order chi connectivity index (χ1) is 8.25. The van der Waals surface area contributed by atoms with Gasteiger partial charge >= 0.3 is 0 Å².